The van der Waals surface area contributed by atoms with Gasteiger partial charge in [-0.25, -0.2) is 9.59 Å². The molecular weight excluding hydrogens is 437 g/mol. The van der Waals surface area contributed by atoms with Crippen molar-refractivity contribution in [1.29, 1.82) is 0 Å². The van der Waals surface area contributed by atoms with E-state index < -0.39 is 12.1 Å². The number of nitrogens with one attached hydrogen (secondary N) is 2. The average molecular weight is 465 g/mol. The van der Waals surface area contributed by atoms with Gasteiger partial charge in [-0.3, -0.25) is 9.69 Å². The van der Waals surface area contributed by atoms with Crippen LogP contribution in [0.3, 0.4) is 0 Å². The molecule has 1 unspecified atom stereocenters. The fraction of sp³-hybridized carbons (Fsp3) is 0.632. The summed E-state index contributed by atoms with van der Waals surface area (Å²) in [6.07, 6.45) is -4.58. The molecule has 1 aromatic heterocycles. The lowest BCUT2D eigenvalue weighted by Crippen LogP contribution is -2.48. The Labute approximate surface area is 182 Å². The van der Waals surface area contributed by atoms with Gasteiger partial charge in [-0.2, -0.15) is 24.5 Å². The monoisotopic (exact) mass is 464 g/mol. The van der Waals surface area contributed by atoms with E-state index in [1.807, 2.05) is 18.7 Å². The number of amides is 3. The molecule has 3 heterocycles. The number of carboxylic acids is 1. The molecule has 12 heteroatoms. The van der Waals surface area contributed by atoms with Crippen molar-refractivity contribution in [1.82, 2.24) is 20.4 Å². The molecule has 174 valence electrons. The van der Waals surface area contributed by atoms with E-state index in [-0.39, 0.29) is 23.4 Å². The largest absolute Gasteiger partial charge is 0.490 e. The third kappa shape index (κ3) is 7.69. The molecule has 1 spiro atoms. The number of aliphatic carboxylic acids is 1. The predicted octanol–water partition coefficient (Wildman–Crippen LogP) is 2.12. The number of urea groups is 1. The highest BCUT2D eigenvalue weighted by atomic mass is 32.1. The van der Waals surface area contributed by atoms with Crippen LogP contribution in [0.25, 0.3) is 0 Å². The molecule has 0 aliphatic carbocycles. The first-order valence-corrected chi connectivity index (χ1v) is 10.7. The number of carboxylic acid groups (broad SMARTS) is 1. The van der Waals surface area contributed by atoms with Crippen molar-refractivity contribution in [3.8, 4) is 0 Å². The summed E-state index contributed by atoms with van der Waals surface area (Å²) in [5, 5.41) is 17.3. The number of halogens is 3. The van der Waals surface area contributed by atoms with Crippen LogP contribution in [-0.4, -0.2) is 77.8 Å². The van der Waals surface area contributed by atoms with Crippen LogP contribution in [0.4, 0.5) is 18.0 Å². The molecular formula is C19H27F3N4O4S. The Morgan fingerprint density at radius 1 is 1.32 bits per heavy atom. The van der Waals surface area contributed by atoms with Gasteiger partial charge in [-0.1, -0.05) is 0 Å². The minimum absolute atomic E-state index is 0.0268. The van der Waals surface area contributed by atoms with E-state index in [4.69, 9.17) is 9.90 Å². The molecule has 0 aromatic carbocycles. The fourth-order valence-electron chi connectivity index (χ4n) is 3.61. The first kappa shape index (κ1) is 24.9. The number of carbonyl (C=O) groups excluding carboxylic acids is 2. The van der Waals surface area contributed by atoms with Crippen molar-refractivity contribution >= 4 is 29.2 Å². The predicted molar refractivity (Wildman–Crippen MR) is 109 cm³/mol. The molecule has 0 saturated carbocycles. The van der Waals surface area contributed by atoms with E-state index in [1.54, 1.807) is 11.3 Å². The van der Waals surface area contributed by atoms with Crippen LogP contribution in [0.1, 0.15) is 25.8 Å². The molecule has 2 aliphatic rings. The summed E-state index contributed by atoms with van der Waals surface area (Å²) >= 11 is 1.70. The van der Waals surface area contributed by atoms with Crippen LogP contribution in [0.15, 0.2) is 16.8 Å². The van der Waals surface area contributed by atoms with Crippen LogP contribution in [0, 0.1) is 5.41 Å². The maximum Gasteiger partial charge on any atom is 0.490 e. The number of hydrogen-bond acceptors (Lipinski definition) is 5. The topological polar surface area (TPSA) is 102 Å². The molecule has 0 bridgehead atoms. The summed E-state index contributed by atoms with van der Waals surface area (Å²) in [6.45, 7) is 8.45. The maximum atomic E-state index is 12.5. The highest BCUT2D eigenvalue weighted by Gasteiger charge is 2.44. The van der Waals surface area contributed by atoms with Crippen LogP contribution < -0.4 is 10.6 Å². The molecule has 0 radical (unpaired) electrons. The Kier molecular flexibility index (Phi) is 8.29. The van der Waals surface area contributed by atoms with E-state index in [2.05, 4.69) is 32.4 Å². The number of thiophene rings is 1. The van der Waals surface area contributed by atoms with Crippen LogP contribution in [0.5, 0.6) is 0 Å². The van der Waals surface area contributed by atoms with Gasteiger partial charge in [0.05, 0.1) is 0 Å². The SMILES string of the molecule is CC(C)NC(=O)N1CCN(Cc2ccsc2)CC2(CNC(=O)C2)C1.O=C(O)C(F)(F)F. The Bertz CT molecular complexity index is 773. The Morgan fingerprint density at radius 2 is 2.00 bits per heavy atom. The standard InChI is InChI=1S/C17H26N4O2S.C2HF3O2/c1-13(2)19-16(23)21-5-4-20(8-14-3-6-24-9-14)11-17(12-21)7-15(22)18-10-17;3-2(4,5)1(6)7/h3,6,9,13H,4-5,7-8,10-12H2,1-2H3,(H,18,22)(H,19,23);(H,6,7). The Morgan fingerprint density at radius 3 is 2.48 bits per heavy atom. The zero-order valence-corrected chi connectivity index (χ0v) is 18.2. The van der Waals surface area contributed by atoms with Crippen molar-refractivity contribution < 1.29 is 32.7 Å². The van der Waals surface area contributed by atoms with Crippen molar-refractivity contribution in [2.24, 2.45) is 5.41 Å². The minimum Gasteiger partial charge on any atom is -0.475 e. The van der Waals surface area contributed by atoms with Crippen molar-refractivity contribution in [3.63, 3.8) is 0 Å². The van der Waals surface area contributed by atoms with Gasteiger partial charge >= 0.3 is 18.2 Å². The van der Waals surface area contributed by atoms with Crippen molar-refractivity contribution in [3.05, 3.63) is 22.4 Å². The second-order valence-electron chi connectivity index (χ2n) is 8.12. The van der Waals surface area contributed by atoms with Gasteiger partial charge in [0.25, 0.3) is 0 Å². The Hall–Kier alpha value is -2.34. The average Bonchev–Trinajstić information content (AvgIpc) is 3.23. The molecule has 3 rings (SSSR count). The molecule has 3 amide bonds. The van der Waals surface area contributed by atoms with E-state index in [0.29, 0.717) is 26.1 Å². The van der Waals surface area contributed by atoms with Gasteiger partial charge in [-0.15, -0.1) is 0 Å². The quantitative estimate of drug-likeness (QED) is 0.636. The molecule has 2 aliphatic heterocycles. The highest BCUT2D eigenvalue weighted by Crippen LogP contribution is 2.31. The van der Waals surface area contributed by atoms with Crippen molar-refractivity contribution in [2.45, 2.75) is 39.0 Å². The van der Waals surface area contributed by atoms with Gasteiger partial charge in [0.2, 0.25) is 5.91 Å². The van der Waals surface area contributed by atoms with E-state index in [9.17, 15) is 22.8 Å². The molecule has 8 nitrogen and oxygen atoms in total. The smallest absolute Gasteiger partial charge is 0.475 e. The van der Waals surface area contributed by atoms with Crippen LogP contribution in [-0.2, 0) is 16.1 Å². The van der Waals surface area contributed by atoms with E-state index >= 15 is 0 Å². The molecule has 1 atom stereocenters. The summed E-state index contributed by atoms with van der Waals surface area (Å²) in [6, 6.07) is 2.23. The summed E-state index contributed by atoms with van der Waals surface area (Å²) in [5.41, 5.74) is 1.12. The highest BCUT2D eigenvalue weighted by molar-refractivity contribution is 7.07. The molecule has 31 heavy (non-hydrogen) atoms. The second kappa shape index (κ2) is 10.3. The summed E-state index contributed by atoms with van der Waals surface area (Å²) in [4.78, 5) is 37.5. The zero-order chi connectivity index (χ0) is 23.2. The summed E-state index contributed by atoms with van der Waals surface area (Å²) in [5.74, 6) is -2.66. The number of hydrogen-bond donors (Lipinski definition) is 3. The first-order chi connectivity index (χ1) is 14.4. The lowest BCUT2D eigenvalue weighted by molar-refractivity contribution is -0.192. The Balaban J connectivity index is 0.000000423. The fourth-order valence-corrected chi connectivity index (χ4v) is 4.27. The maximum absolute atomic E-state index is 12.5. The third-order valence-corrected chi connectivity index (χ3v) is 5.63. The number of nitrogens with zero attached hydrogens (tertiary/aromatic N) is 2. The van der Waals surface area contributed by atoms with E-state index in [0.717, 1.165) is 19.6 Å². The summed E-state index contributed by atoms with van der Waals surface area (Å²) in [7, 11) is 0. The molecule has 3 N–H and O–H groups in total. The van der Waals surface area contributed by atoms with Crippen molar-refractivity contribution in [2.75, 3.05) is 32.7 Å². The normalized spacial score (nSPS) is 22.0. The zero-order valence-electron chi connectivity index (χ0n) is 17.4. The first-order valence-electron chi connectivity index (χ1n) is 9.76. The van der Waals surface area contributed by atoms with Gasteiger partial charge in [0.15, 0.2) is 0 Å². The van der Waals surface area contributed by atoms with E-state index in [1.165, 1.54) is 5.56 Å². The van der Waals surface area contributed by atoms with Gasteiger partial charge in [-0.05, 0) is 36.2 Å². The lowest BCUT2D eigenvalue weighted by Gasteiger charge is -2.33. The lowest BCUT2D eigenvalue weighted by atomic mass is 9.86. The van der Waals surface area contributed by atoms with Gasteiger partial charge < -0.3 is 20.6 Å². The van der Waals surface area contributed by atoms with Crippen LogP contribution >= 0.6 is 11.3 Å². The molecule has 2 fully saturated rings. The summed E-state index contributed by atoms with van der Waals surface area (Å²) < 4.78 is 31.7. The van der Waals surface area contributed by atoms with Gasteiger partial charge in [0, 0.05) is 57.1 Å². The number of rotatable bonds is 3. The minimum atomic E-state index is -5.08. The van der Waals surface area contributed by atoms with Crippen LogP contribution in [0.2, 0.25) is 0 Å². The number of alkyl halides is 3. The van der Waals surface area contributed by atoms with Gasteiger partial charge in [0.1, 0.15) is 0 Å². The number of carbonyl (C=O) groups is 3. The second-order valence-corrected chi connectivity index (χ2v) is 8.90. The molecule has 2 saturated heterocycles. The third-order valence-electron chi connectivity index (χ3n) is 4.90. The molecule has 1 aromatic rings.